The van der Waals surface area contributed by atoms with Crippen molar-refractivity contribution in [2.45, 2.75) is 64.0 Å². The van der Waals surface area contributed by atoms with Crippen LogP contribution in [-0.4, -0.2) is 65.7 Å². The summed E-state index contributed by atoms with van der Waals surface area (Å²) in [7, 11) is 0. The third-order valence-corrected chi connectivity index (χ3v) is 5.68. The zero-order valence-electron chi connectivity index (χ0n) is 15.3. The minimum absolute atomic E-state index is 0.0772. The second-order valence-electron chi connectivity index (χ2n) is 8.64. The summed E-state index contributed by atoms with van der Waals surface area (Å²) in [6.07, 6.45) is 5.27. The lowest BCUT2D eigenvalue weighted by molar-refractivity contribution is -0.140. The predicted molar refractivity (Wildman–Crippen MR) is 91.7 cm³/mol. The van der Waals surface area contributed by atoms with Gasteiger partial charge in [0.1, 0.15) is 5.60 Å². The molecule has 3 saturated heterocycles. The summed E-state index contributed by atoms with van der Waals surface area (Å²) in [6.45, 7) is 9.46. The number of carbonyl (C=O) groups excluding carboxylic acids is 2. The van der Waals surface area contributed by atoms with Crippen molar-refractivity contribution < 1.29 is 14.3 Å². The van der Waals surface area contributed by atoms with Gasteiger partial charge in [-0.15, -0.1) is 0 Å². The molecule has 3 heterocycles. The summed E-state index contributed by atoms with van der Waals surface area (Å²) in [5.74, 6) is 0.947. The standard InChI is InChI=1S/C18H31N3O3/c1-17(2,3)24-16(23)19-13-18-7-5-14(6-8-18)11-21(18)12-15(22)20-9-4-10-20/h14H,4-13H2,1-3H3,(H,19,23). The SMILES string of the molecule is CC(C)(C)OC(=O)NCC12CCC(CC1)CN2CC(=O)N1CCC1. The van der Waals surface area contributed by atoms with Crippen LogP contribution in [-0.2, 0) is 9.53 Å². The topological polar surface area (TPSA) is 61.9 Å². The summed E-state index contributed by atoms with van der Waals surface area (Å²) >= 11 is 0. The smallest absolute Gasteiger partial charge is 0.407 e. The fourth-order valence-electron chi connectivity index (χ4n) is 4.12. The van der Waals surface area contributed by atoms with E-state index >= 15 is 0 Å². The Labute approximate surface area is 144 Å². The van der Waals surface area contributed by atoms with E-state index in [1.165, 1.54) is 12.8 Å². The molecule has 4 aliphatic rings. The Morgan fingerprint density at radius 3 is 2.42 bits per heavy atom. The number of carbonyl (C=O) groups is 2. The molecule has 1 saturated carbocycles. The van der Waals surface area contributed by atoms with Crippen LogP contribution in [0, 0.1) is 5.92 Å². The van der Waals surface area contributed by atoms with Crippen LogP contribution in [0.2, 0.25) is 0 Å². The zero-order chi connectivity index (χ0) is 17.4. The van der Waals surface area contributed by atoms with Gasteiger partial charge in [0, 0.05) is 31.7 Å². The Hall–Kier alpha value is -1.30. The van der Waals surface area contributed by atoms with Crippen molar-refractivity contribution in [3.63, 3.8) is 0 Å². The monoisotopic (exact) mass is 337 g/mol. The number of likely N-dealkylation sites (tertiary alicyclic amines) is 1. The maximum absolute atomic E-state index is 12.4. The van der Waals surface area contributed by atoms with Crippen LogP contribution >= 0.6 is 0 Å². The second kappa shape index (κ2) is 6.54. The van der Waals surface area contributed by atoms with Crippen LogP contribution in [0.5, 0.6) is 0 Å². The lowest BCUT2D eigenvalue weighted by atomic mass is 9.70. The number of fused-ring (bicyclic) bond motifs is 3. The van der Waals surface area contributed by atoms with Crippen molar-refractivity contribution in [2.75, 3.05) is 32.7 Å². The molecule has 4 rings (SSSR count). The number of nitrogens with zero attached hydrogens (tertiary/aromatic N) is 2. The molecule has 0 aromatic heterocycles. The van der Waals surface area contributed by atoms with Crippen molar-refractivity contribution in [1.82, 2.24) is 15.1 Å². The van der Waals surface area contributed by atoms with Gasteiger partial charge in [0.25, 0.3) is 0 Å². The molecule has 136 valence electrons. The average Bonchev–Trinajstić information content (AvgIpc) is 2.43. The molecule has 3 aliphatic heterocycles. The molecule has 1 N–H and O–H groups in total. The van der Waals surface area contributed by atoms with Crippen molar-refractivity contribution in [3.8, 4) is 0 Å². The van der Waals surface area contributed by atoms with E-state index in [1.54, 1.807) is 0 Å². The molecule has 0 aromatic carbocycles. The van der Waals surface area contributed by atoms with Crippen LogP contribution < -0.4 is 5.32 Å². The zero-order valence-corrected chi connectivity index (χ0v) is 15.3. The molecule has 0 radical (unpaired) electrons. The first-order valence-electron chi connectivity index (χ1n) is 9.27. The van der Waals surface area contributed by atoms with Crippen molar-refractivity contribution in [2.24, 2.45) is 5.92 Å². The lowest BCUT2D eigenvalue weighted by Gasteiger charge is -2.55. The molecular weight excluding hydrogens is 306 g/mol. The van der Waals surface area contributed by atoms with Gasteiger partial charge in [-0.3, -0.25) is 9.69 Å². The van der Waals surface area contributed by atoms with Gasteiger partial charge in [0.05, 0.1) is 6.54 Å². The Morgan fingerprint density at radius 2 is 1.88 bits per heavy atom. The van der Waals surface area contributed by atoms with Gasteiger partial charge in [-0.1, -0.05) is 0 Å². The predicted octanol–water partition coefficient (Wildman–Crippen LogP) is 1.99. The van der Waals surface area contributed by atoms with E-state index in [1.807, 2.05) is 25.7 Å². The molecule has 6 nitrogen and oxygen atoms in total. The van der Waals surface area contributed by atoms with Gasteiger partial charge in [0.2, 0.25) is 5.91 Å². The average molecular weight is 337 g/mol. The first-order valence-corrected chi connectivity index (χ1v) is 9.27. The van der Waals surface area contributed by atoms with Gasteiger partial charge >= 0.3 is 6.09 Å². The van der Waals surface area contributed by atoms with Crippen LogP contribution in [0.3, 0.4) is 0 Å². The highest BCUT2D eigenvalue weighted by Crippen LogP contribution is 2.42. The fraction of sp³-hybridized carbons (Fsp3) is 0.889. The fourth-order valence-corrected chi connectivity index (χ4v) is 4.12. The number of hydrogen-bond acceptors (Lipinski definition) is 4. The summed E-state index contributed by atoms with van der Waals surface area (Å²) in [5.41, 5.74) is -0.564. The number of nitrogens with one attached hydrogen (secondary N) is 1. The minimum atomic E-state index is -0.487. The van der Waals surface area contributed by atoms with E-state index in [2.05, 4.69) is 10.2 Å². The molecule has 1 aliphatic carbocycles. The Bertz CT molecular complexity index is 488. The summed E-state index contributed by atoms with van der Waals surface area (Å²) in [6, 6.07) is 0. The maximum Gasteiger partial charge on any atom is 0.407 e. The van der Waals surface area contributed by atoms with E-state index < -0.39 is 5.60 Å². The minimum Gasteiger partial charge on any atom is -0.444 e. The van der Waals surface area contributed by atoms with Gasteiger partial charge in [-0.2, -0.15) is 0 Å². The molecule has 2 amide bonds. The molecule has 6 heteroatoms. The van der Waals surface area contributed by atoms with E-state index in [-0.39, 0.29) is 17.5 Å². The quantitative estimate of drug-likeness (QED) is 0.852. The molecule has 24 heavy (non-hydrogen) atoms. The highest BCUT2D eigenvalue weighted by atomic mass is 16.6. The van der Waals surface area contributed by atoms with Crippen LogP contribution in [0.4, 0.5) is 4.79 Å². The van der Waals surface area contributed by atoms with Crippen LogP contribution in [0.1, 0.15) is 52.9 Å². The Morgan fingerprint density at radius 1 is 1.21 bits per heavy atom. The number of amides is 2. The first kappa shape index (κ1) is 17.5. The number of rotatable bonds is 4. The highest BCUT2D eigenvalue weighted by Gasteiger charge is 2.47. The van der Waals surface area contributed by atoms with Gasteiger partial charge in [-0.25, -0.2) is 4.79 Å². The normalized spacial score (nSPS) is 30.0. The second-order valence-corrected chi connectivity index (χ2v) is 8.64. The van der Waals surface area contributed by atoms with Crippen molar-refractivity contribution in [3.05, 3.63) is 0 Å². The Balaban J connectivity index is 1.60. The number of piperidine rings is 2. The number of alkyl carbamates (subject to hydrolysis) is 1. The molecule has 0 aromatic rings. The summed E-state index contributed by atoms with van der Waals surface area (Å²) in [4.78, 5) is 28.7. The highest BCUT2D eigenvalue weighted by molar-refractivity contribution is 5.79. The third-order valence-electron chi connectivity index (χ3n) is 5.68. The van der Waals surface area contributed by atoms with E-state index in [9.17, 15) is 9.59 Å². The summed E-state index contributed by atoms with van der Waals surface area (Å²) in [5, 5.41) is 2.96. The molecular formula is C18H31N3O3. The van der Waals surface area contributed by atoms with E-state index in [0.717, 1.165) is 38.9 Å². The van der Waals surface area contributed by atoms with Crippen LogP contribution in [0.25, 0.3) is 0 Å². The Kier molecular flexibility index (Phi) is 4.78. The number of hydrogen-bond donors (Lipinski definition) is 1. The van der Waals surface area contributed by atoms with Crippen molar-refractivity contribution >= 4 is 12.0 Å². The van der Waals surface area contributed by atoms with Gasteiger partial charge < -0.3 is 15.0 Å². The third kappa shape index (κ3) is 3.85. The molecule has 2 bridgehead atoms. The van der Waals surface area contributed by atoms with Gasteiger partial charge in [0.15, 0.2) is 0 Å². The van der Waals surface area contributed by atoms with Crippen LogP contribution in [0.15, 0.2) is 0 Å². The van der Waals surface area contributed by atoms with E-state index in [0.29, 0.717) is 19.0 Å². The van der Waals surface area contributed by atoms with Gasteiger partial charge in [-0.05, 0) is 58.8 Å². The van der Waals surface area contributed by atoms with E-state index in [4.69, 9.17) is 4.74 Å². The first-order chi connectivity index (χ1) is 11.3. The maximum atomic E-state index is 12.4. The number of ether oxygens (including phenoxy) is 1. The summed E-state index contributed by atoms with van der Waals surface area (Å²) < 4.78 is 5.37. The molecule has 0 spiro atoms. The largest absolute Gasteiger partial charge is 0.444 e. The molecule has 4 fully saturated rings. The molecule has 0 atom stereocenters. The lowest BCUT2D eigenvalue weighted by Crippen LogP contribution is -2.65. The van der Waals surface area contributed by atoms with Crippen molar-refractivity contribution in [1.29, 1.82) is 0 Å². The molecule has 0 unspecified atom stereocenters.